The lowest BCUT2D eigenvalue weighted by Gasteiger charge is -1.76. The molecule has 1 N–H and O–H groups in total. The van der Waals surface area contributed by atoms with Crippen molar-refractivity contribution in [3.8, 4) is 0 Å². The van der Waals surface area contributed by atoms with Crippen LogP contribution in [0.5, 0.6) is 0 Å². The van der Waals surface area contributed by atoms with Crippen LogP contribution in [0.2, 0.25) is 0 Å². The van der Waals surface area contributed by atoms with Gasteiger partial charge in [-0.2, -0.15) is 0 Å². The van der Waals surface area contributed by atoms with Crippen molar-refractivity contribution in [1.29, 1.82) is 0 Å². The summed E-state index contributed by atoms with van der Waals surface area (Å²) in [7, 11) is 0. The molecule has 37 valence electrons. The summed E-state index contributed by atoms with van der Waals surface area (Å²) in [5, 5.41) is 0. The molecule has 0 aromatic carbocycles. The van der Waals surface area contributed by atoms with Gasteiger partial charge in [-0.3, -0.25) is 0 Å². The highest BCUT2D eigenvalue weighted by atomic mass is 35.5. The van der Waals surface area contributed by atoms with Gasteiger partial charge in [-0.25, -0.2) is 4.98 Å². The summed E-state index contributed by atoms with van der Waals surface area (Å²) in [5.41, 5.74) is 0. The number of nitrogens with zero attached hydrogens (tertiary/aromatic N) is 1. The lowest BCUT2D eigenvalue weighted by molar-refractivity contribution is 1.21. The van der Waals surface area contributed by atoms with E-state index >= 15 is 0 Å². The number of rotatable bonds is 1. The van der Waals surface area contributed by atoms with E-state index in [0.29, 0.717) is 5.82 Å². The van der Waals surface area contributed by atoms with Crippen LogP contribution in [0.1, 0.15) is 5.82 Å². The smallest absolute Gasteiger partial charge is 0.126 e. The Morgan fingerprint density at radius 3 is 3.00 bits per heavy atom. The minimum Gasteiger partial charge on any atom is -0.347 e. The van der Waals surface area contributed by atoms with Crippen LogP contribution >= 0.6 is 11.6 Å². The molecule has 1 heterocycles. The Labute approximate surface area is 46.5 Å². The third-order valence-corrected chi connectivity index (χ3v) is 0.829. The maximum absolute atomic E-state index is 5.25. The Bertz CT molecular complexity index is 124. The topological polar surface area (TPSA) is 28.7 Å². The Balaban J connectivity index is 2.76. The minimum absolute atomic E-state index is 0.696. The molecule has 0 saturated heterocycles. The normalized spacial score (nSPS) is 9.29. The van der Waals surface area contributed by atoms with Crippen LogP contribution in [0.3, 0.4) is 0 Å². The van der Waals surface area contributed by atoms with E-state index < -0.39 is 0 Å². The fourth-order valence-corrected chi connectivity index (χ4v) is 0.456. The molecule has 0 aliphatic rings. The molecule has 0 aliphatic carbocycles. The van der Waals surface area contributed by atoms with Gasteiger partial charge in [-0.05, 0) is 0 Å². The number of H-pyrrole nitrogens is 1. The molecular formula is C4H4ClN2. The molecule has 1 rings (SSSR count). The van der Waals surface area contributed by atoms with Gasteiger partial charge in [0.1, 0.15) is 11.7 Å². The van der Waals surface area contributed by atoms with E-state index in [-0.39, 0.29) is 0 Å². The van der Waals surface area contributed by atoms with Crippen molar-refractivity contribution in [2.24, 2.45) is 0 Å². The van der Waals surface area contributed by atoms with Crippen molar-refractivity contribution < 1.29 is 0 Å². The number of halogens is 1. The average Bonchev–Trinajstić information content (AvgIpc) is 2.14. The van der Waals surface area contributed by atoms with E-state index in [1.54, 1.807) is 12.4 Å². The van der Waals surface area contributed by atoms with Crippen molar-refractivity contribution in [2.75, 3.05) is 0 Å². The molecule has 1 aromatic heterocycles. The van der Waals surface area contributed by atoms with Gasteiger partial charge in [0.25, 0.3) is 0 Å². The molecule has 1 radical (unpaired) electrons. The first-order chi connectivity index (χ1) is 3.43. The zero-order valence-corrected chi connectivity index (χ0v) is 4.31. The van der Waals surface area contributed by atoms with Gasteiger partial charge < -0.3 is 4.98 Å². The summed E-state index contributed by atoms with van der Waals surface area (Å²) >= 11 is 5.25. The number of aromatic amines is 1. The number of aromatic nitrogens is 2. The molecule has 1 aromatic rings. The average molecular weight is 116 g/mol. The summed E-state index contributed by atoms with van der Waals surface area (Å²) in [6.45, 7) is 0. The van der Waals surface area contributed by atoms with Gasteiger partial charge in [-0.15, -0.1) is 11.6 Å². The van der Waals surface area contributed by atoms with E-state index in [1.807, 2.05) is 0 Å². The van der Waals surface area contributed by atoms with Gasteiger partial charge >= 0.3 is 0 Å². The molecule has 3 heteroatoms. The second-order valence-electron chi connectivity index (χ2n) is 1.08. The van der Waals surface area contributed by atoms with Crippen LogP contribution in [-0.4, -0.2) is 9.97 Å². The first-order valence-corrected chi connectivity index (χ1v) is 2.30. The van der Waals surface area contributed by atoms with Gasteiger partial charge in [-0.1, -0.05) is 0 Å². The van der Waals surface area contributed by atoms with Crippen LogP contribution in [0.15, 0.2) is 12.4 Å². The van der Waals surface area contributed by atoms with Gasteiger partial charge in [0, 0.05) is 12.4 Å². The molecule has 0 bridgehead atoms. The predicted octanol–water partition coefficient (Wildman–Crippen LogP) is 1.16. The van der Waals surface area contributed by atoms with Gasteiger partial charge in [0.2, 0.25) is 0 Å². The SMILES string of the molecule is Cl[CH]c1ncc[nH]1. The van der Waals surface area contributed by atoms with E-state index in [1.165, 1.54) is 5.88 Å². The summed E-state index contributed by atoms with van der Waals surface area (Å²) in [6.07, 6.45) is 3.36. The van der Waals surface area contributed by atoms with Crippen LogP contribution in [0, 0.1) is 5.88 Å². The summed E-state index contributed by atoms with van der Waals surface area (Å²) in [4.78, 5) is 6.58. The number of hydrogen-bond acceptors (Lipinski definition) is 1. The van der Waals surface area contributed by atoms with E-state index in [2.05, 4.69) is 9.97 Å². The zero-order chi connectivity index (χ0) is 5.11. The Morgan fingerprint density at radius 2 is 2.71 bits per heavy atom. The molecule has 0 amide bonds. The zero-order valence-electron chi connectivity index (χ0n) is 3.56. The molecule has 7 heavy (non-hydrogen) atoms. The highest BCUT2D eigenvalue weighted by molar-refractivity contribution is 6.24. The van der Waals surface area contributed by atoms with Gasteiger partial charge in [0.05, 0.1) is 0 Å². The predicted molar refractivity (Wildman–Crippen MR) is 27.8 cm³/mol. The molecule has 2 nitrogen and oxygen atoms in total. The van der Waals surface area contributed by atoms with Crippen molar-refractivity contribution in [3.05, 3.63) is 24.1 Å². The van der Waals surface area contributed by atoms with Crippen molar-refractivity contribution in [2.45, 2.75) is 0 Å². The monoisotopic (exact) mass is 115 g/mol. The molecule has 0 aliphatic heterocycles. The minimum atomic E-state index is 0.696. The van der Waals surface area contributed by atoms with Crippen molar-refractivity contribution >= 4 is 11.6 Å². The lowest BCUT2D eigenvalue weighted by Crippen LogP contribution is -1.73. The van der Waals surface area contributed by atoms with Crippen molar-refractivity contribution in [1.82, 2.24) is 9.97 Å². The van der Waals surface area contributed by atoms with Crippen LogP contribution < -0.4 is 0 Å². The largest absolute Gasteiger partial charge is 0.347 e. The van der Waals surface area contributed by atoms with E-state index in [4.69, 9.17) is 11.6 Å². The van der Waals surface area contributed by atoms with Gasteiger partial charge in [0.15, 0.2) is 0 Å². The Kier molecular flexibility index (Phi) is 1.32. The quantitative estimate of drug-likeness (QED) is 0.585. The number of imidazole rings is 1. The Morgan fingerprint density at radius 1 is 1.86 bits per heavy atom. The maximum atomic E-state index is 5.25. The second kappa shape index (κ2) is 1.98. The highest BCUT2D eigenvalue weighted by Gasteiger charge is 1.85. The maximum Gasteiger partial charge on any atom is 0.126 e. The molecule has 0 spiro atoms. The standard InChI is InChI=1S/C4H4ClN2/c5-3-4-6-1-2-7-4/h1-3H,(H,6,7). The third kappa shape index (κ3) is 0.933. The summed E-state index contributed by atoms with van der Waals surface area (Å²) in [6, 6.07) is 0. The highest BCUT2D eigenvalue weighted by Crippen LogP contribution is 1.94. The van der Waals surface area contributed by atoms with Crippen LogP contribution in [0.25, 0.3) is 0 Å². The number of hydrogen-bond donors (Lipinski definition) is 1. The van der Waals surface area contributed by atoms with Crippen LogP contribution in [-0.2, 0) is 0 Å². The first kappa shape index (κ1) is 4.65. The molecule has 0 saturated carbocycles. The third-order valence-electron chi connectivity index (χ3n) is 0.623. The Hall–Kier alpha value is -0.500. The summed E-state index contributed by atoms with van der Waals surface area (Å²) < 4.78 is 0. The lowest BCUT2D eigenvalue weighted by atomic mass is 10.7. The van der Waals surface area contributed by atoms with Crippen LogP contribution in [0.4, 0.5) is 0 Å². The van der Waals surface area contributed by atoms with E-state index in [9.17, 15) is 0 Å². The number of nitrogens with one attached hydrogen (secondary N) is 1. The first-order valence-electron chi connectivity index (χ1n) is 1.86. The second-order valence-corrected chi connectivity index (χ2v) is 1.30. The van der Waals surface area contributed by atoms with Crippen molar-refractivity contribution in [3.63, 3.8) is 0 Å². The fourth-order valence-electron chi connectivity index (χ4n) is 0.337. The van der Waals surface area contributed by atoms with E-state index in [0.717, 1.165) is 0 Å². The summed E-state index contributed by atoms with van der Waals surface area (Å²) in [5.74, 6) is 2.08. The molecular weight excluding hydrogens is 112 g/mol. The molecule has 0 atom stereocenters. The molecule has 0 fully saturated rings. The molecule has 0 unspecified atom stereocenters. The fraction of sp³-hybridized carbons (Fsp3) is 0.